The second-order valence-corrected chi connectivity index (χ2v) is 3.77. The molecule has 0 amide bonds. The average molecular weight is 195 g/mol. The Morgan fingerprint density at radius 1 is 1.13 bits per heavy atom. The highest BCUT2D eigenvalue weighted by atomic mass is 16.1. The minimum atomic E-state index is -0.287. The summed E-state index contributed by atoms with van der Waals surface area (Å²) in [7, 11) is 0. The summed E-state index contributed by atoms with van der Waals surface area (Å²) < 4.78 is 0. The van der Waals surface area contributed by atoms with Gasteiger partial charge < -0.3 is 0 Å². The van der Waals surface area contributed by atoms with Gasteiger partial charge in [0.1, 0.15) is 0 Å². The molecule has 0 saturated heterocycles. The van der Waals surface area contributed by atoms with Crippen molar-refractivity contribution >= 4 is 12.0 Å². The lowest BCUT2D eigenvalue weighted by atomic mass is 9.75. The third-order valence-corrected chi connectivity index (χ3v) is 2.89. The Bertz CT molecular complexity index is 511. The summed E-state index contributed by atoms with van der Waals surface area (Å²) in [5.41, 5.74) is 1.51. The van der Waals surface area contributed by atoms with Crippen LogP contribution in [0.4, 0.5) is 0 Å². The molecular formula is C13H9NO. The number of benzene rings is 1. The molecular weight excluding hydrogens is 186 g/mol. The van der Waals surface area contributed by atoms with E-state index in [0.717, 1.165) is 11.1 Å². The van der Waals surface area contributed by atoms with E-state index >= 15 is 0 Å². The van der Waals surface area contributed by atoms with Gasteiger partial charge in [0.05, 0.1) is 5.41 Å². The Kier molecular flexibility index (Phi) is 1.54. The predicted molar refractivity (Wildman–Crippen MR) is 59.2 cm³/mol. The molecule has 72 valence electrons. The van der Waals surface area contributed by atoms with E-state index in [4.69, 9.17) is 0 Å². The molecule has 1 aliphatic carbocycles. The number of allylic oxidation sites excluding steroid dienone is 3. The highest BCUT2D eigenvalue weighted by molar-refractivity contribution is 6.09. The Labute approximate surface area is 87.7 Å². The number of hydrogen-bond donors (Lipinski definition) is 0. The number of carbonyl (C=O) groups excluding carboxylic acids is 1. The monoisotopic (exact) mass is 195 g/mol. The highest BCUT2D eigenvalue weighted by Gasteiger charge is 2.33. The number of aliphatic imine (C=N–C) groups is 1. The highest BCUT2D eigenvalue weighted by Crippen LogP contribution is 2.34. The summed E-state index contributed by atoms with van der Waals surface area (Å²) in [6, 6.07) is 7.69. The van der Waals surface area contributed by atoms with Crippen LogP contribution < -0.4 is 0 Å². The first kappa shape index (κ1) is 8.36. The summed E-state index contributed by atoms with van der Waals surface area (Å²) in [6.45, 7) is 0. The second kappa shape index (κ2) is 2.76. The van der Waals surface area contributed by atoms with E-state index in [1.165, 1.54) is 0 Å². The van der Waals surface area contributed by atoms with Gasteiger partial charge in [-0.15, -0.1) is 0 Å². The molecule has 2 heteroatoms. The molecule has 1 aliphatic heterocycles. The first-order valence-electron chi connectivity index (χ1n) is 4.87. The quantitative estimate of drug-likeness (QED) is 0.624. The van der Waals surface area contributed by atoms with Crippen LogP contribution in [0, 0.1) is 0 Å². The van der Waals surface area contributed by atoms with Gasteiger partial charge in [-0.3, -0.25) is 9.79 Å². The Balaban J connectivity index is 2.31. The zero-order valence-electron chi connectivity index (χ0n) is 8.05. The molecule has 2 nitrogen and oxygen atoms in total. The molecule has 1 aromatic rings. The van der Waals surface area contributed by atoms with E-state index < -0.39 is 0 Å². The van der Waals surface area contributed by atoms with Crippen molar-refractivity contribution in [2.24, 2.45) is 4.99 Å². The molecule has 1 atom stereocenters. The van der Waals surface area contributed by atoms with Crippen LogP contribution in [0.3, 0.4) is 0 Å². The summed E-state index contributed by atoms with van der Waals surface area (Å²) in [4.78, 5) is 15.8. The van der Waals surface area contributed by atoms with Gasteiger partial charge in [-0.2, -0.15) is 0 Å². The normalized spacial score (nSPS) is 26.3. The lowest BCUT2D eigenvalue weighted by Crippen LogP contribution is -2.27. The van der Waals surface area contributed by atoms with E-state index in [-0.39, 0.29) is 11.2 Å². The summed E-state index contributed by atoms with van der Waals surface area (Å²) in [6.07, 6.45) is 9.19. The van der Waals surface area contributed by atoms with E-state index in [1.54, 1.807) is 12.3 Å². The van der Waals surface area contributed by atoms with E-state index in [1.807, 2.05) is 42.6 Å². The van der Waals surface area contributed by atoms with E-state index in [2.05, 4.69) is 4.99 Å². The fraction of sp³-hybridized carbons (Fsp3) is 0.0769. The zero-order chi connectivity index (χ0) is 10.3. The van der Waals surface area contributed by atoms with Crippen molar-refractivity contribution in [3.8, 4) is 0 Å². The van der Waals surface area contributed by atoms with Crippen LogP contribution in [-0.2, 0) is 5.41 Å². The van der Waals surface area contributed by atoms with Crippen molar-refractivity contribution < 1.29 is 4.79 Å². The van der Waals surface area contributed by atoms with Crippen LogP contribution in [0.5, 0.6) is 0 Å². The van der Waals surface area contributed by atoms with Crippen LogP contribution in [0.15, 0.2) is 53.7 Å². The van der Waals surface area contributed by atoms with Crippen molar-refractivity contribution in [1.82, 2.24) is 0 Å². The van der Waals surface area contributed by atoms with Gasteiger partial charge in [-0.25, -0.2) is 0 Å². The van der Waals surface area contributed by atoms with Gasteiger partial charge in [-0.1, -0.05) is 30.3 Å². The van der Waals surface area contributed by atoms with Gasteiger partial charge in [0.15, 0.2) is 5.78 Å². The van der Waals surface area contributed by atoms with Gasteiger partial charge in [0.2, 0.25) is 0 Å². The maximum Gasteiger partial charge on any atom is 0.185 e. The van der Waals surface area contributed by atoms with Crippen molar-refractivity contribution in [2.45, 2.75) is 5.41 Å². The fourth-order valence-electron chi connectivity index (χ4n) is 2.10. The van der Waals surface area contributed by atoms with E-state index in [9.17, 15) is 4.79 Å². The second-order valence-electron chi connectivity index (χ2n) is 3.77. The Morgan fingerprint density at radius 3 is 2.80 bits per heavy atom. The van der Waals surface area contributed by atoms with Crippen molar-refractivity contribution in [2.75, 3.05) is 0 Å². The molecule has 15 heavy (non-hydrogen) atoms. The van der Waals surface area contributed by atoms with Crippen molar-refractivity contribution in [1.29, 1.82) is 0 Å². The van der Waals surface area contributed by atoms with Crippen LogP contribution >= 0.6 is 0 Å². The molecule has 0 saturated carbocycles. The molecule has 1 aromatic carbocycles. The first-order chi connectivity index (χ1) is 7.32. The molecule has 1 unspecified atom stereocenters. The van der Waals surface area contributed by atoms with Crippen LogP contribution in [0.2, 0.25) is 0 Å². The smallest absolute Gasteiger partial charge is 0.185 e. The molecule has 2 aliphatic rings. The summed E-state index contributed by atoms with van der Waals surface area (Å²) in [5.74, 6) is 0.0740. The van der Waals surface area contributed by atoms with Crippen molar-refractivity contribution in [3.05, 3.63) is 59.8 Å². The molecule has 0 aromatic heterocycles. The van der Waals surface area contributed by atoms with Crippen LogP contribution in [0.1, 0.15) is 15.9 Å². The standard InChI is InChI=1S/C13H9NO/c15-12-5-6-13(7-8-14-9-13)11-4-2-1-3-10(11)12/h1-9H. The number of hydrogen-bond acceptors (Lipinski definition) is 2. The number of rotatable bonds is 0. The van der Waals surface area contributed by atoms with Gasteiger partial charge >= 0.3 is 0 Å². The first-order valence-corrected chi connectivity index (χ1v) is 4.87. The summed E-state index contributed by atoms with van der Waals surface area (Å²) in [5, 5.41) is 0. The fourth-order valence-corrected chi connectivity index (χ4v) is 2.10. The third-order valence-electron chi connectivity index (χ3n) is 2.89. The molecule has 0 fully saturated rings. The van der Waals surface area contributed by atoms with Crippen LogP contribution in [0.25, 0.3) is 0 Å². The Hall–Kier alpha value is -1.96. The van der Waals surface area contributed by atoms with Crippen molar-refractivity contribution in [3.63, 3.8) is 0 Å². The molecule has 0 N–H and O–H groups in total. The van der Waals surface area contributed by atoms with Gasteiger partial charge in [0, 0.05) is 18.0 Å². The predicted octanol–water partition coefficient (Wildman–Crippen LogP) is 2.28. The minimum Gasteiger partial charge on any atom is -0.289 e. The molecule has 1 spiro atoms. The number of ketones is 1. The minimum absolute atomic E-state index is 0.0740. The maximum atomic E-state index is 11.7. The SMILES string of the molecule is O=C1C=CC2(C=CN=C2)c2ccccc21. The Morgan fingerprint density at radius 2 is 2.00 bits per heavy atom. The van der Waals surface area contributed by atoms with Crippen LogP contribution in [-0.4, -0.2) is 12.0 Å². The topological polar surface area (TPSA) is 29.4 Å². The van der Waals surface area contributed by atoms with Gasteiger partial charge in [-0.05, 0) is 17.7 Å². The van der Waals surface area contributed by atoms with E-state index in [0.29, 0.717) is 0 Å². The average Bonchev–Trinajstić information content (AvgIpc) is 2.74. The third kappa shape index (κ3) is 1.05. The lowest BCUT2D eigenvalue weighted by molar-refractivity contribution is 0.104. The molecule has 0 bridgehead atoms. The maximum absolute atomic E-state index is 11.7. The largest absolute Gasteiger partial charge is 0.289 e. The van der Waals surface area contributed by atoms with Gasteiger partial charge in [0.25, 0.3) is 0 Å². The molecule has 0 radical (unpaired) electrons. The number of nitrogens with zero attached hydrogens (tertiary/aromatic N) is 1. The number of carbonyl (C=O) groups is 1. The number of fused-ring (bicyclic) bond motifs is 2. The summed E-state index contributed by atoms with van der Waals surface area (Å²) >= 11 is 0. The lowest BCUT2D eigenvalue weighted by Gasteiger charge is -2.25. The molecule has 1 heterocycles. The molecule has 3 rings (SSSR count). The zero-order valence-corrected chi connectivity index (χ0v) is 8.05.